The summed E-state index contributed by atoms with van der Waals surface area (Å²) in [5.74, 6) is -0.442. The van der Waals surface area contributed by atoms with Gasteiger partial charge < -0.3 is 0 Å². The molecule has 0 aliphatic heterocycles. The van der Waals surface area contributed by atoms with Gasteiger partial charge in [0.1, 0.15) is 5.82 Å². The highest BCUT2D eigenvalue weighted by Gasteiger charge is 2.16. The van der Waals surface area contributed by atoms with Gasteiger partial charge in [-0.25, -0.2) is 4.39 Å². The molecule has 1 rings (SSSR count). The molecule has 3 nitrogen and oxygen atoms in total. The Kier molecular flexibility index (Phi) is 2.61. The van der Waals surface area contributed by atoms with Crippen LogP contribution in [-0.2, 0) is 0 Å². The maximum absolute atomic E-state index is 12.6. The summed E-state index contributed by atoms with van der Waals surface area (Å²) in [4.78, 5) is 9.93. The Morgan fingerprint density at radius 3 is 2.58 bits per heavy atom. The lowest BCUT2D eigenvalue weighted by atomic mass is 10.2. The van der Waals surface area contributed by atoms with Crippen LogP contribution in [0.25, 0.3) is 0 Å². The first-order valence-corrected chi connectivity index (χ1v) is 4.20. The number of benzene rings is 1. The predicted octanol–water partition coefficient (Wildman–Crippen LogP) is 2.65. The Balaban J connectivity index is 3.38. The highest BCUT2D eigenvalue weighted by molar-refractivity contribution is 14.1. The van der Waals surface area contributed by atoms with Crippen molar-refractivity contribution in [1.82, 2.24) is 0 Å². The van der Waals surface area contributed by atoms with E-state index in [1.54, 1.807) is 22.6 Å². The first-order chi connectivity index (χ1) is 5.52. The van der Waals surface area contributed by atoms with Crippen molar-refractivity contribution in [2.75, 3.05) is 0 Å². The summed E-state index contributed by atoms with van der Waals surface area (Å²) in [6.07, 6.45) is 0. The second-order valence-electron chi connectivity index (χ2n) is 2.31. The summed E-state index contributed by atoms with van der Waals surface area (Å²) in [5.41, 5.74) is 0.335. The van der Waals surface area contributed by atoms with Crippen LogP contribution in [0.4, 0.5) is 10.1 Å². The minimum Gasteiger partial charge on any atom is -0.258 e. The lowest BCUT2D eigenvalue weighted by molar-refractivity contribution is -0.386. The summed E-state index contributed by atoms with van der Waals surface area (Å²) in [6.45, 7) is 1.52. The van der Waals surface area contributed by atoms with Crippen molar-refractivity contribution in [3.05, 3.63) is 37.2 Å². The van der Waals surface area contributed by atoms with E-state index < -0.39 is 10.7 Å². The molecule has 5 heteroatoms. The summed E-state index contributed by atoms with van der Waals surface area (Å²) in [7, 11) is 0. The third kappa shape index (κ3) is 1.71. The minimum absolute atomic E-state index is 0.0167. The van der Waals surface area contributed by atoms with Crippen molar-refractivity contribution in [1.29, 1.82) is 0 Å². The minimum atomic E-state index is -0.503. The van der Waals surface area contributed by atoms with Gasteiger partial charge in [0.05, 0.1) is 8.49 Å². The van der Waals surface area contributed by atoms with Crippen LogP contribution in [0.2, 0.25) is 0 Å². The van der Waals surface area contributed by atoms with Gasteiger partial charge in [-0.15, -0.1) is 0 Å². The van der Waals surface area contributed by atoms with Gasteiger partial charge in [-0.2, -0.15) is 0 Å². The van der Waals surface area contributed by atoms with Crippen LogP contribution >= 0.6 is 22.6 Å². The number of nitro groups is 1. The second-order valence-corrected chi connectivity index (χ2v) is 3.47. The molecular weight excluding hydrogens is 276 g/mol. The quantitative estimate of drug-likeness (QED) is 0.451. The van der Waals surface area contributed by atoms with Crippen LogP contribution in [0.1, 0.15) is 5.56 Å². The molecule has 1 aromatic rings. The molecule has 0 radical (unpaired) electrons. The molecule has 1 aromatic carbocycles. The van der Waals surface area contributed by atoms with E-state index in [1.165, 1.54) is 6.92 Å². The van der Waals surface area contributed by atoms with Gasteiger partial charge in [-0.1, -0.05) is 0 Å². The van der Waals surface area contributed by atoms with Crippen molar-refractivity contribution in [3.8, 4) is 0 Å². The smallest absolute Gasteiger partial charge is 0.258 e. The third-order valence-corrected chi connectivity index (χ3v) is 2.22. The molecule has 0 aliphatic rings. The molecule has 64 valence electrons. The zero-order chi connectivity index (χ0) is 9.30. The first kappa shape index (κ1) is 9.37. The van der Waals surface area contributed by atoms with E-state index in [1.807, 2.05) is 0 Å². The van der Waals surface area contributed by atoms with Crippen molar-refractivity contribution in [2.45, 2.75) is 6.92 Å². The maximum Gasteiger partial charge on any atom is 0.285 e. The Hall–Kier alpha value is -0.720. The summed E-state index contributed by atoms with van der Waals surface area (Å²) < 4.78 is 13.0. The summed E-state index contributed by atoms with van der Waals surface area (Å²) in [5, 5.41) is 10.4. The van der Waals surface area contributed by atoms with Gasteiger partial charge in [0.2, 0.25) is 0 Å². The van der Waals surface area contributed by atoms with Gasteiger partial charge in [-0.05, 0) is 41.6 Å². The Labute approximate surface area is 81.9 Å². The van der Waals surface area contributed by atoms with Crippen molar-refractivity contribution in [2.24, 2.45) is 0 Å². The second kappa shape index (κ2) is 3.34. The highest BCUT2D eigenvalue weighted by Crippen LogP contribution is 2.25. The average molecular weight is 281 g/mol. The lowest BCUT2D eigenvalue weighted by Gasteiger charge is -1.98. The number of nitrogens with zero attached hydrogens (tertiary/aromatic N) is 1. The topological polar surface area (TPSA) is 43.1 Å². The van der Waals surface area contributed by atoms with E-state index in [2.05, 4.69) is 0 Å². The van der Waals surface area contributed by atoms with Gasteiger partial charge in [0.15, 0.2) is 0 Å². The van der Waals surface area contributed by atoms with E-state index >= 15 is 0 Å². The van der Waals surface area contributed by atoms with Gasteiger partial charge >= 0.3 is 0 Å². The molecule has 0 amide bonds. The van der Waals surface area contributed by atoms with Gasteiger partial charge in [-0.3, -0.25) is 10.1 Å². The van der Waals surface area contributed by atoms with E-state index in [0.717, 1.165) is 12.1 Å². The molecule has 0 N–H and O–H groups in total. The summed E-state index contributed by atoms with van der Waals surface area (Å²) >= 11 is 1.75. The molecule has 0 heterocycles. The average Bonchev–Trinajstić information content (AvgIpc) is 1.82. The number of hydrogen-bond acceptors (Lipinski definition) is 2. The number of rotatable bonds is 1. The number of aryl methyl sites for hydroxylation is 1. The monoisotopic (exact) mass is 281 g/mol. The largest absolute Gasteiger partial charge is 0.285 e. The molecule has 0 saturated heterocycles. The molecule has 0 spiro atoms. The molecule has 0 bridgehead atoms. The van der Waals surface area contributed by atoms with Crippen LogP contribution in [-0.4, -0.2) is 4.92 Å². The summed E-state index contributed by atoms with van der Waals surface area (Å²) in [6, 6.07) is 2.30. The zero-order valence-corrected chi connectivity index (χ0v) is 8.33. The normalized spacial score (nSPS) is 9.92. The molecule has 0 aliphatic carbocycles. The van der Waals surface area contributed by atoms with Gasteiger partial charge in [0.25, 0.3) is 5.69 Å². The zero-order valence-electron chi connectivity index (χ0n) is 6.17. The first-order valence-electron chi connectivity index (χ1n) is 3.12. The van der Waals surface area contributed by atoms with Crippen LogP contribution in [0.5, 0.6) is 0 Å². The van der Waals surface area contributed by atoms with Crippen molar-refractivity contribution < 1.29 is 9.31 Å². The molecule has 0 saturated carbocycles. The molecule has 12 heavy (non-hydrogen) atoms. The fraction of sp³-hybridized carbons (Fsp3) is 0.143. The SMILES string of the molecule is Cc1cc(F)cc(I)c1[N+](=O)[O-]. The highest BCUT2D eigenvalue weighted by atomic mass is 127. The molecule has 0 unspecified atom stereocenters. The van der Waals surface area contributed by atoms with E-state index in [0.29, 0.717) is 9.13 Å². The molecular formula is C7H5FINO2. The maximum atomic E-state index is 12.6. The van der Waals surface area contributed by atoms with Crippen LogP contribution < -0.4 is 0 Å². The van der Waals surface area contributed by atoms with Gasteiger partial charge in [0, 0.05) is 5.56 Å². The standard InChI is InChI=1S/C7H5FINO2/c1-4-2-5(8)3-6(9)7(4)10(11)12/h2-3H,1H3. The van der Waals surface area contributed by atoms with Crippen LogP contribution in [0, 0.1) is 26.4 Å². The molecule has 0 aromatic heterocycles. The number of hydrogen-bond donors (Lipinski definition) is 0. The van der Waals surface area contributed by atoms with Crippen molar-refractivity contribution in [3.63, 3.8) is 0 Å². The van der Waals surface area contributed by atoms with Crippen LogP contribution in [0.3, 0.4) is 0 Å². The predicted molar refractivity (Wildman–Crippen MR) is 50.5 cm³/mol. The Morgan fingerprint density at radius 1 is 1.58 bits per heavy atom. The van der Waals surface area contributed by atoms with E-state index in [4.69, 9.17) is 0 Å². The molecule has 0 atom stereocenters. The lowest BCUT2D eigenvalue weighted by Crippen LogP contribution is -1.95. The van der Waals surface area contributed by atoms with Crippen molar-refractivity contribution >= 4 is 28.3 Å². The van der Waals surface area contributed by atoms with Crippen LogP contribution in [0.15, 0.2) is 12.1 Å². The van der Waals surface area contributed by atoms with E-state index in [-0.39, 0.29) is 5.69 Å². The Morgan fingerprint density at radius 2 is 2.17 bits per heavy atom. The fourth-order valence-corrected chi connectivity index (χ4v) is 1.85. The number of halogens is 2. The fourth-order valence-electron chi connectivity index (χ4n) is 0.926. The Bertz CT molecular complexity index is 317. The number of nitro benzene ring substituents is 1. The van der Waals surface area contributed by atoms with E-state index in [9.17, 15) is 14.5 Å². The molecule has 0 fully saturated rings. The third-order valence-electron chi connectivity index (χ3n) is 1.40.